The Morgan fingerprint density at radius 3 is 2.83 bits per heavy atom. The fourth-order valence-electron chi connectivity index (χ4n) is 2.49. The van der Waals surface area contributed by atoms with E-state index in [0.29, 0.717) is 29.5 Å². The molecular formula is C16H23Cl2N3O3. The Balaban J connectivity index is 0.00000288. The third-order valence-corrected chi connectivity index (χ3v) is 4.24. The highest BCUT2D eigenvalue weighted by Crippen LogP contribution is 2.35. The number of nitrogens with one attached hydrogen (secondary N) is 2. The molecule has 2 amide bonds. The molecule has 134 valence electrons. The molecule has 1 saturated heterocycles. The molecule has 1 fully saturated rings. The summed E-state index contributed by atoms with van der Waals surface area (Å²) < 4.78 is 5.29. The number of rotatable bonds is 6. The maximum atomic E-state index is 12.3. The van der Waals surface area contributed by atoms with E-state index in [9.17, 15) is 9.59 Å². The lowest BCUT2D eigenvalue weighted by Gasteiger charge is -2.20. The summed E-state index contributed by atoms with van der Waals surface area (Å²) in [5.74, 6) is -0.0146. The zero-order valence-electron chi connectivity index (χ0n) is 14.0. The van der Waals surface area contributed by atoms with Gasteiger partial charge in [0.25, 0.3) is 0 Å². The molecule has 0 bridgehead atoms. The highest BCUT2D eigenvalue weighted by atomic mass is 35.5. The molecule has 1 aromatic rings. The van der Waals surface area contributed by atoms with Crippen LogP contribution < -0.4 is 20.3 Å². The number of likely N-dealkylation sites (N-methyl/N-ethyl adjacent to an activating group) is 1. The average Bonchev–Trinajstić information content (AvgIpc) is 2.93. The number of hydrogen-bond acceptors (Lipinski definition) is 4. The predicted octanol–water partition coefficient (Wildman–Crippen LogP) is 1.85. The minimum Gasteiger partial charge on any atom is -0.495 e. The molecular weight excluding hydrogens is 353 g/mol. The second-order valence-electron chi connectivity index (χ2n) is 5.66. The molecule has 0 aromatic heterocycles. The van der Waals surface area contributed by atoms with E-state index in [0.717, 1.165) is 0 Å². The van der Waals surface area contributed by atoms with Gasteiger partial charge in [-0.15, -0.1) is 12.4 Å². The molecule has 0 radical (unpaired) electrons. The summed E-state index contributed by atoms with van der Waals surface area (Å²) >= 11 is 6.02. The molecule has 1 aliphatic heterocycles. The van der Waals surface area contributed by atoms with Crippen LogP contribution in [0, 0.1) is 5.92 Å². The van der Waals surface area contributed by atoms with Crippen molar-refractivity contribution < 1.29 is 14.3 Å². The van der Waals surface area contributed by atoms with Crippen LogP contribution in [0.2, 0.25) is 5.02 Å². The van der Waals surface area contributed by atoms with Crippen molar-refractivity contribution in [3.05, 3.63) is 23.2 Å². The summed E-state index contributed by atoms with van der Waals surface area (Å²) in [6.07, 6.45) is 0.190. The summed E-state index contributed by atoms with van der Waals surface area (Å²) in [4.78, 5) is 26.1. The van der Waals surface area contributed by atoms with Gasteiger partial charge in [0, 0.05) is 30.6 Å². The number of carbonyl (C=O) groups is 2. The topological polar surface area (TPSA) is 70.7 Å². The quantitative estimate of drug-likeness (QED) is 0.795. The van der Waals surface area contributed by atoms with Gasteiger partial charge in [-0.25, -0.2) is 0 Å². The van der Waals surface area contributed by atoms with E-state index in [2.05, 4.69) is 10.6 Å². The Labute approximate surface area is 153 Å². The molecule has 1 aliphatic rings. The van der Waals surface area contributed by atoms with Gasteiger partial charge in [0.2, 0.25) is 11.8 Å². The number of benzene rings is 1. The SMILES string of the molecule is CNC(C)CNC(=O)C1CC(=O)N(c2cc(Cl)ccc2OC)C1.Cl. The van der Waals surface area contributed by atoms with E-state index < -0.39 is 0 Å². The largest absolute Gasteiger partial charge is 0.495 e. The molecule has 2 atom stereocenters. The van der Waals surface area contributed by atoms with E-state index >= 15 is 0 Å². The van der Waals surface area contributed by atoms with E-state index in [-0.39, 0.29) is 42.6 Å². The zero-order chi connectivity index (χ0) is 17.0. The fraction of sp³-hybridized carbons (Fsp3) is 0.500. The molecule has 6 nitrogen and oxygen atoms in total. The standard InChI is InChI=1S/C16H22ClN3O3.ClH/c1-10(18-2)8-19-16(22)11-6-15(21)20(9-11)13-7-12(17)4-5-14(13)23-3;/h4-5,7,10-11,18H,6,8-9H2,1-3H3,(H,19,22);1H. The molecule has 1 aromatic carbocycles. The van der Waals surface area contributed by atoms with E-state index in [1.165, 1.54) is 7.11 Å². The molecule has 2 unspecified atom stereocenters. The summed E-state index contributed by atoms with van der Waals surface area (Å²) in [6, 6.07) is 5.28. The van der Waals surface area contributed by atoms with Gasteiger partial charge in [-0.1, -0.05) is 11.6 Å². The van der Waals surface area contributed by atoms with Gasteiger partial charge >= 0.3 is 0 Å². The Kier molecular flexibility index (Phi) is 7.79. The first-order chi connectivity index (χ1) is 11.0. The second-order valence-corrected chi connectivity index (χ2v) is 6.09. The van der Waals surface area contributed by atoms with Crippen LogP contribution in [0.3, 0.4) is 0 Å². The predicted molar refractivity (Wildman–Crippen MR) is 97.2 cm³/mol. The van der Waals surface area contributed by atoms with Crippen LogP contribution in [-0.4, -0.2) is 45.1 Å². The monoisotopic (exact) mass is 375 g/mol. The maximum Gasteiger partial charge on any atom is 0.227 e. The fourth-order valence-corrected chi connectivity index (χ4v) is 2.66. The van der Waals surface area contributed by atoms with Crippen LogP contribution in [0.5, 0.6) is 5.75 Å². The third-order valence-electron chi connectivity index (χ3n) is 4.00. The smallest absolute Gasteiger partial charge is 0.227 e. The lowest BCUT2D eigenvalue weighted by Crippen LogP contribution is -2.40. The number of hydrogen-bond donors (Lipinski definition) is 2. The van der Waals surface area contributed by atoms with Crippen molar-refractivity contribution in [3.63, 3.8) is 0 Å². The van der Waals surface area contributed by atoms with Crippen molar-refractivity contribution in [1.82, 2.24) is 10.6 Å². The van der Waals surface area contributed by atoms with Crippen molar-refractivity contribution in [2.24, 2.45) is 5.92 Å². The van der Waals surface area contributed by atoms with Crippen molar-refractivity contribution in [1.29, 1.82) is 0 Å². The summed E-state index contributed by atoms with van der Waals surface area (Å²) in [7, 11) is 3.37. The number of amides is 2. The molecule has 2 rings (SSSR count). The van der Waals surface area contributed by atoms with Crippen LogP contribution in [0.1, 0.15) is 13.3 Å². The minimum absolute atomic E-state index is 0. The average molecular weight is 376 g/mol. The Bertz CT molecular complexity index is 598. The highest BCUT2D eigenvalue weighted by molar-refractivity contribution is 6.31. The van der Waals surface area contributed by atoms with Gasteiger partial charge in [0.15, 0.2) is 0 Å². The van der Waals surface area contributed by atoms with Gasteiger partial charge < -0.3 is 20.3 Å². The van der Waals surface area contributed by atoms with Crippen LogP contribution >= 0.6 is 24.0 Å². The molecule has 0 spiro atoms. The lowest BCUT2D eigenvalue weighted by molar-refractivity contribution is -0.126. The van der Waals surface area contributed by atoms with Crippen LogP contribution in [0.4, 0.5) is 5.69 Å². The van der Waals surface area contributed by atoms with Crippen molar-refractivity contribution >= 4 is 41.5 Å². The number of methoxy groups -OCH3 is 1. The molecule has 24 heavy (non-hydrogen) atoms. The zero-order valence-corrected chi connectivity index (χ0v) is 15.5. The Morgan fingerprint density at radius 1 is 1.50 bits per heavy atom. The number of anilines is 1. The Hall–Kier alpha value is -1.50. The number of ether oxygens (including phenoxy) is 1. The number of carbonyl (C=O) groups excluding carboxylic acids is 2. The normalized spacial score (nSPS) is 18.1. The molecule has 0 aliphatic carbocycles. The van der Waals surface area contributed by atoms with Gasteiger partial charge in [-0.05, 0) is 32.2 Å². The summed E-state index contributed by atoms with van der Waals surface area (Å²) in [5, 5.41) is 6.44. The minimum atomic E-state index is -0.366. The molecule has 0 saturated carbocycles. The maximum absolute atomic E-state index is 12.3. The molecule has 1 heterocycles. The Morgan fingerprint density at radius 2 is 2.21 bits per heavy atom. The van der Waals surface area contributed by atoms with Gasteiger partial charge in [-0.2, -0.15) is 0 Å². The van der Waals surface area contributed by atoms with Crippen LogP contribution in [-0.2, 0) is 9.59 Å². The van der Waals surface area contributed by atoms with E-state index in [1.807, 2.05) is 14.0 Å². The van der Waals surface area contributed by atoms with Gasteiger partial charge in [-0.3, -0.25) is 9.59 Å². The first-order valence-electron chi connectivity index (χ1n) is 7.55. The number of nitrogens with zero attached hydrogens (tertiary/aromatic N) is 1. The first-order valence-corrected chi connectivity index (χ1v) is 7.93. The van der Waals surface area contributed by atoms with Crippen molar-refractivity contribution in [2.45, 2.75) is 19.4 Å². The molecule has 2 N–H and O–H groups in total. The van der Waals surface area contributed by atoms with Gasteiger partial charge in [0.1, 0.15) is 5.75 Å². The van der Waals surface area contributed by atoms with E-state index in [4.69, 9.17) is 16.3 Å². The second kappa shape index (κ2) is 9.11. The first kappa shape index (κ1) is 20.5. The summed E-state index contributed by atoms with van der Waals surface area (Å²) in [5.41, 5.74) is 0.601. The summed E-state index contributed by atoms with van der Waals surface area (Å²) in [6.45, 7) is 2.83. The van der Waals surface area contributed by atoms with Gasteiger partial charge in [0.05, 0.1) is 18.7 Å². The number of halogens is 2. The van der Waals surface area contributed by atoms with Crippen LogP contribution in [0.25, 0.3) is 0 Å². The van der Waals surface area contributed by atoms with Crippen molar-refractivity contribution in [3.8, 4) is 5.75 Å². The lowest BCUT2D eigenvalue weighted by atomic mass is 10.1. The van der Waals surface area contributed by atoms with E-state index in [1.54, 1.807) is 23.1 Å². The highest BCUT2D eigenvalue weighted by Gasteiger charge is 2.36. The molecule has 8 heteroatoms. The van der Waals surface area contributed by atoms with Crippen molar-refractivity contribution in [2.75, 3.05) is 32.1 Å². The van der Waals surface area contributed by atoms with Crippen LogP contribution in [0.15, 0.2) is 18.2 Å². The third kappa shape index (κ3) is 4.75.